The fourth-order valence-corrected chi connectivity index (χ4v) is 3.11. The van der Waals surface area contributed by atoms with E-state index in [1.807, 2.05) is 0 Å². The van der Waals surface area contributed by atoms with Crippen LogP contribution < -0.4 is 0 Å². The Bertz CT molecular complexity index is 489. The van der Waals surface area contributed by atoms with E-state index in [0.29, 0.717) is 12.5 Å². The number of nitrogens with zero attached hydrogens (tertiary/aromatic N) is 2. The number of aliphatic hydroxyl groups is 1. The van der Waals surface area contributed by atoms with E-state index in [1.54, 1.807) is 0 Å². The molecule has 0 saturated heterocycles. The van der Waals surface area contributed by atoms with Gasteiger partial charge >= 0.3 is 0 Å². The lowest BCUT2D eigenvalue weighted by molar-refractivity contribution is 0.120. The molecule has 1 aliphatic rings. The maximum Gasteiger partial charge on any atom is 0.178 e. The smallest absolute Gasteiger partial charge is 0.178 e. The van der Waals surface area contributed by atoms with Gasteiger partial charge in [-0.2, -0.15) is 5.10 Å². The average molecular weight is 272 g/mol. The number of hydrogen-bond acceptors (Lipinski definition) is 4. The fraction of sp³-hybridized carbons (Fsp3) is 0.750. The highest BCUT2D eigenvalue weighted by Crippen LogP contribution is 2.28. The molecule has 0 bridgehead atoms. The van der Waals surface area contributed by atoms with Crippen molar-refractivity contribution in [1.29, 1.82) is 0 Å². The number of aliphatic hydroxyl groups excluding tert-OH is 1. The van der Waals surface area contributed by atoms with E-state index >= 15 is 0 Å². The number of rotatable bonds is 5. The van der Waals surface area contributed by atoms with Gasteiger partial charge in [-0.25, -0.2) is 8.42 Å². The van der Waals surface area contributed by atoms with Gasteiger partial charge in [-0.15, -0.1) is 0 Å². The summed E-state index contributed by atoms with van der Waals surface area (Å²) in [6.07, 6.45) is 9.23. The molecule has 0 radical (unpaired) electrons. The molecule has 6 heteroatoms. The van der Waals surface area contributed by atoms with Gasteiger partial charge in [0.15, 0.2) is 9.84 Å². The van der Waals surface area contributed by atoms with Gasteiger partial charge in [0.05, 0.1) is 18.8 Å². The summed E-state index contributed by atoms with van der Waals surface area (Å²) in [5.74, 6) is 0.616. The normalized spacial score (nSPS) is 19.2. The molecule has 1 heterocycles. The Balaban J connectivity index is 1.90. The SMILES string of the molecule is CS(=O)(=O)c1cnn(CC(O)CC2CCCC2)c1. The van der Waals surface area contributed by atoms with Crippen LogP contribution in [0.3, 0.4) is 0 Å². The van der Waals surface area contributed by atoms with Crippen LogP contribution in [0.2, 0.25) is 0 Å². The average Bonchev–Trinajstić information content (AvgIpc) is 2.87. The van der Waals surface area contributed by atoms with Gasteiger partial charge in [-0.1, -0.05) is 25.7 Å². The van der Waals surface area contributed by atoms with E-state index in [-0.39, 0.29) is 4.90 Å². The van der Waals surface area contributed by atoms with Crippen molar-refractivity contribution < 1.29 is 13.5 Å². The summed E-state index contributed by atoms with van der Waals surface area (Å²) in [6.45, 7) is 0.367. The van der Waals surface area contributed by atoms with Crippen LogP contribution in [-0.4, -0.2) is 35.7 Å². The molecule has 0 aliphatic heterocycles. The predicted molar refractivity (Wildman–Crippen MR) is 67.9 cm³/mol. The maximum absolute atomic E-state index is 11.3. The van der Waals surface area contributed by atoms with Crippen molar-refractivity contribution in [2.75, 3.05) is 6.26 Å². The second-order valence-corrected chi connectivity index (χ2v) is 7.23. The van der Waals surface area contributed by atoms with Crippen LogP contribution in [-0.2, 0) is 16.4 Å². The molecule has 0 amide bonds. The van der Waals surface area contributed by atoms with Crippen molar-refractivity contribution in [1.82, 2.24) is 9.78 Å². The number of hydrogen-bond donors (Lipinski definition) is 1. The van der Waals surface area contributed by atoms with Gasteiger partial charge in [-0.3, -0.25) is 4.68 Å². The molecule has 0 aromatic carbocycles. The predicted octanol–water partition coefficient (Wildman–Crippen LogP) is 1.23. The van der Waals surface area contributed by atoms with Crippen molar-refractivity contribution in [3.8, 4) is 0 Å². The second-order valence-electron chi connectivity index (χ2n) is 5.21. The molecule has 1 aromatic heterocycles. The van der Waals surface area contributed by atoms with Crippen LogP contribution >= 0.6 is 0 Å². The van der Waals surface area contributed by atoms with E-state index in [2.05, 4.69) is 5.10 Å². The highest BCUT2D eigenvalue weighted by molar-refractivity contribution is 7.90. The van der Waals surface area contributed by atoms with Crippen molar-refractivity contribution in [2.24, 2.45) is 5.92 Å². The van der Waals surface area contributed by atoms with Gasteiger partial charge < -0.3 is 5.11 Å². The highest BCUT2D eigenvalue weighted by Gasteiger charge is 2.19. The zero-order chi connectivity index (χ0) is 13.2. The van der Waals surface area contributed by atoms with Crippen LogP contribution in [0.15, 0.2) is 17.3 Å². The molecule has 2 rings (SSSR count). The molecule has 1 saturated carbocycles. The van der Waals surface area contributed by atoms with Gasteiger partial charge in [0.2, 0.25) is 0 Å². The summed E-state index contributed by atoms with van der Waals surface area (Å²) < 4.78 is 24.1. The quantitative estimate of drug-likeness (QED) is 0.875. The third kappa shape index (κ3) is 3.55. The Morgan fingerprint density at radius 2 is 2.17 bits per heavy atom. The summed E-state index contributed by atoms with van der Waals surface area (Å²) >= 11 is 0. The molecule has 1 aliphatic carbocycles. The van der Waals surface area contributed by atoms with Crippen molar-refractivity contribution in [3.63, 3.8) is 0 Å². The Labute approximate surface area is 108 Å². The van der Waals surface area contributed by atoms with Crippen molar-refractivity contribution in [3.05, 3.63) is 12.4 Å². The lowest BCUT2D eigenvalue weighted by atomic mass is 10.0. The molecule has 1 N–H and O–H groups in total. The zero-order valence-corrected chi connectivity index (χ0v) is 11.4. The monoisotopic (exact) mass is 272 g/mol. The van der Waals surface area contributed by atoms with E-state index in [9.17, 15) is 13.5 Å². The Kier molecular flexibility index (Phi) is 4.07. The largest absolute Gasteiger partial charge is 0.391 e. The first kappa shape index (κ1) is 13.5. The van der Waals surface area contributed by atoms with Crippen LogP contribution in [0.25, 0.3) is 0 Å². The van der Waals surface area contributed by atoms with E-state index in [0.717, 1.165) is 12.7 Å². The van der Waals surface area contributed by atoms with Gasteiger partial charge in [0.25, 0.3) is 0 Å². The Morgan fingerprint density at radius 3 is 2.72 bits per heavy atom. The molecule has 0 spiro atoms. The van der Waals surface area contributed by atoms with Gasteiger partial charge in [0, 0.05) is 12.5 Å². The van der Waals surface area contributed by atoms with Crippen molar-refractivity contribution in [2.45, 2.75) is 49.6 Å². The Morgan fingerprint density at radius 1 is 1.50 bits per heavy atom. The minimum absolute atomic E-state index is 0.204. The minimum atomic E-state index is -3.21. The van der Waals surface area contributed by atoms with Gasteiger partial charge in [0.1, 0.15) is 4.90 Å². The maximum atomic E-state index is 11.3. The Hall–Kier alpha value is -0.880. The summed E-state index contributed by atoms with van der Waals surface area (Å²) in [7, 11) is -3.21. The number of aromatic nitrogens is 2. The highest BCUT2D eigenvalue weighted by atomic mass is 32.2. The number of sulfone groups is 1. The summed E-state index contributed by atoms with van der Waals surface area (Å²) in [5.41, 5.74) is 0. The van der Waals surface area contributed by atoms with Crippen molar-refractivity contribution >= 4 is 9.84 Å². The molecule has 18 heavy (non-hydrogen) atoms. The topological polar surface area (TPSA) is 72.2 Å². The van der Waals surface area contributed by atoms with E-state index in [1.165, 1.54) is 42.8 Å². The molecule has 5 nitrogen and oxygen atoms in total. The summed E-state index contributed by atoms with van der Waals surface area (Å²) in [6, 6.07) is 0. The third-order valence-electron chi connectivity index (χ3n) is 3.52. The van der Waals surface area contributed by atoms with E-state index in [4.69, 9.17) is 0 Å². The van der Waals surface area contributed by atoms with E-state index < -0.39 is 15.9 Å². The molecule has 102 valence electrons. The van der Waals surface area contributed by atoms with Crippen LogP contribution in [0, 0.1) is 5.92 Å². The zero-order valence-electron chi connectivity index (χ0n) is 10.6. The first-order valence-electron chi connectivity index (χ1n) is 6.36. The second kappa shape index (κ2) is 5.40. The van der Waals surface area contributed by atoms with Crippen LogP contribution in [0.5, 0.6) is 0 Å². The molecular weight excluding hydrogens is 252 g/mol. The summed E-state index contributed by atoms with van der Waals surface area (Å²) in [5, 5.41) is 13.9. The third-order valence-corrected chi connectivity index (χ3v) is 4.58. The first-order chi connectivity index (χ1) is 8.45. The van der Waals surface area contributed by atoms with Crippen LogP contribution in [0.1, 0.15) is 32.1 Å². The molecule has 1 atom stereocenters. The molecule has 1 aromatic rings. The summed E-state index contributed by atoms with van der Waals surface area (Å²) in [4.78, 5) is 0.204. The molecule has 1 fully saturated rings. The minimum Gasteiger partial charge on any atom is -0.391 e. The first-order valence-corrected chi connectivity index (χ1v) is 8.25. The lowest BCUT2D eigenvalue weighted by Gasteiger charge is -2.15. The molecular formula is C12H20N2O3S. The fourth-order valence-electron chi connectivity index (χ4n) is 2.56. The van der Waals surface area contributed by atoms with Crippen LogP contribution in [0.4, 0.5) is 0 Å². The lowest BCUT2D eigenvalue weighted by Crippen LogP contribution is -2.19. The van der Waals surface area contributed by atoms with Gasteiger partial charge in [-0.05, 0) is 12.3 Å². The molecule has 1 unspecified atom stereocenters. The standard InChI is InChI=1S/C12H20N2O3S/c1-18(16,17)12-7-13-14(9-12)8-11(15)6-10-4-2-3-5-10/h7,9-11,15H,2-6,8H2,1H3.